The molecule has 13 heavy (non-hydrogen) atoms. The number of nitrogens with zero attached hydrogens (tertiary/aromatic N) is 3. The Hall–Kier alpha value is -1.20. The van der Waals surface area contributed by atoms with Crippen molar-refractivity contribution < 1.29 is 0 Å². The summed E-state index contributed by atoms with van der Waals surface area (Å²) in [5, 5.41) is 9.15. The largest absolute Gasteiger partial charge is 0.366 e. The molecule has 2 heterocycles. The van der Waals surface area contributed by atoms with E-state index in [0.29, 0.717) is 10.0 Å². The minimum absolute atomic E-state index is 0.167. The first-order valence-corrected chi connectivity index (χ1v) is 4.71. The zero-order valence-corrected chi connectivity index (χ0v) is 8.01. The van der Waals surface area contributed by atoms with Crippen LogP contribution in [0.1, 0.15) is 0 Å². The number of hydrogen-bond donors (Lipinski definition) is 1. The molecule has 66 valence electrons. The number of rotatable bonds is 1. The molecule has 0 aliphatic rings. The van der Waals surface area contributed by atoms with E-state index in [-0.39, 0.29) is 5.95 Å². The molecular formula is C7H5ClN4S. The highest BCUT2D eigenvalue weighted by Crippen LogP contribution is 2.26. The average molecular weight is 213 g/mol. The summed E-state index contributed by atoms with van der Waals surface area (Å²) in [5.74, 6) is 0.167. The van der Waals surface area contributed by atoms with Crippen LogP contribution < -0.4 is 5.73 Å². The summed E-state index contributed by atoms with van der Waals surface area (Å²) in [5.41, 5.74) is 6.99. The first-order valence-electron chi connectivity index (χ1n) is 3.45. The topological polar surface area (TPSA) is 64.7 Å². The molecule has 0 aliphatic carbocycles. The fourth-order valence-electron chi connectivity index (χ4n) is 0.901. The van der Waals surface area contributed by atoms with Gasteiger partial charge in [0.1, 0.15) is 0 Å². The van der Waals surface area contributed by atoms with Crippen LogP contribution in [-0.2, 0) is 0 Å². The Morgan fingerprint density at radius 3 is 2.92 bits per heavy atom. The summed E-state index contributed by atoms with van der Waals surface area (Å²) in [7, 11) is 0. The second-order valence-corrected chi connectivity index (χ2v) is 3.88. The van der Waals surface area contributed by atoms with Crippen LogP contribution in [0.4, 0.5) is 5.95 Å². The van der Waals surface area contributed by atoms with Crippen molar-refractivity contribution in [2.75, 3.05) is 5.73 Å². The predicted molar refractivity (Wildman–Crippen MR) is 52.6 cm³/mol. The van der Waals surface area contributed by atoms with Crippen LogP contribution in [-0.4, -0.2) is 15.2 Å². The number of thiophene rings is 1. The SMILES string of the molecule is Nc1nncc(-c2csc(Cl)c2)n1. The number of anilines is 1. The zero-order valence-electron chi connectivity index (χ0n) is 6.44. The van der Waals surface area contributed by atoms with Crippen LogP contribution in [0.15, 0.2) is 17.6 Å². The standard InChI is InChI=1S/C7H5ClN4S/c8-6-1-4(3-13-6)5-2-10-12-7(9)11-5/h1-3H,(H2,9,11,12). The molecule has 2 aromatic heterocycles. The van der Waals surface area contributed by atoms with Crippen LogP contribution in [0.5, 0.6) is 0 Å². The highest BCUT2D eigenvalue weighted by molar-refractivity contribution is 7.14. The van der Waals surface area contributed by atoms with Gasteiger partial charge < -0.3 is 5.73 Å². The van der Waals surface area contributed by atoms with Crippen molar-refractivity contribution in [3.63, 3.8) is 0 Å². The maximum absolute atomic E-state index is 5.77. The number of aromatic nitrogens is 3. The quantitative estimate of drug-likeness (QED) is 0.784. The summed E-state index contributed by atoms with van der Waals surface area (Å²) < 4.78 is 0.715. The van der Waals surface area contributed by atoms with Gasteiger partial charge in [-0.1, -0.05) is 11.6 Å². The van der Waals surface area contributed by atoms with Gasteiger partial charge in [-0.25, -0.2) is 4.98 Å². The first-order chi connectivity index (χ1) is 6.25. The van der Waals surface area contributed by atoms with Crippen molar-refractivity contribution in [2.24, 2.45) is 0 Å². The van der Waals surface area contributed by atoms with E-state index < -0.39 is 0 Å². The van der Waals surface area contributed by atoms with E-state index in [9.17, 15) is 0 Å². The summed E-state index contributed by atoms with van der Waals surface area (Å²) >= 11 is 7.22. The average Bonchev–Trinajstić information content (AvgIpc) is 2.52. The lowest BCUT2D eigenvalue weighted by atomic mass is 10.3. The Balaban J connectivity index is 2.46. The molecule has 0 radical (unpaired) electrons. The molecule has 0 saturated heterocycles. The van der Waals surface area contributed by atoms with Gasteiger partial charge in [-0.15, -0.1) is 16.4 Å². The summed E-state index contributed by atoms with van der Waals surface area (Å²) in [4.78, 5) is 4.01. The molecule has 0 bridgehead atoms. The molecule has 0 saturated carbocycles. The van der Waals surface area contributed by atoms with Gasteiger partial charge in [0.05, 0.1) is 16.2 Å². The van der Waals surface area contributed by atoms with Gasteiger partial charge in [0.25, 0.3) is 0 Å². The number of hydrogen-bond acceptors (Lipinski definition) is 5. The Morgan fingerprint density at radius 1 is 1.46 bits per heavy atom. The smallest absolute Gasteiger partial charge is 0.240 e. The van der Waals surface area contributed by atoms with Crippen molar-refractivity contribution in [3.05, 3.63) is 22.0 Å². The van der Waals surface area contributed by atoms with Crippen molar-refractivity contribution >= 4 is 28.9 Å². The highest BCUT2D eigenvalue weighted by Gasteiger charge is 2.03. The molecule has 0 spiro atoms. The third kappa shape index (κ3) is 1.76. The molecule has 0 amide bonds. The molecule has 2 rings (SSSR count). The Kier molecular flexibility index (Phi) is 2.12. The molecule has 0 atom stereocenters. The summed E-state index contributed by atoms with van der Waals surface area (Å²) in [6.45, 7) is 0. The molecular weight excluding hydrogens is 208 g/mol. The third-order valence-electron chi connectivity index (χ3n) is 1.44. The minimum atomic E-state index is 0.167. The second-order valence-electron chi connectivity index (χ2n) is 2.34. The molecule has 0 aliphatic heterocycles. The monoisotopic (exact) mass is 212 g/mol. The van der Waals surface area contributed by atoms with Crippen LogP contribution in [0.25, 0.3) is 11.3 Å². The van der Waals surface area contributed by atoms with E-state index in [4.69, 9.17) is 17.3 Å². The lowest BCUT2D eigenvalue weighted by Crippen LogP contribution is -1.97. The van der Waals surface area contributed by atoms with Gasteiger partial charge in [-0.05, 0) is 6.07 Å². The molecule has 0 fully saturated rings. The van der Waals surface area contributed by atoms with Crippen LogP contribution in [0, 0.1) is 0 Å². The number of nitrogens with two attached hydrogens (primary N) is 1. The lowest BCUT2D eigenvalue weighted by Gasteiger charge is -1.94. The van der Waals surface area contributed by atoms with Crippen molar-refractivity contribution in [2.45, 2.75) is 0 Å². The maximum atomic E-state index is 5.77. The van der Waals surface area contributed by atoms with Gasteiger partial charge in [0.2, 0.25) is 5.95 Å². The van der Waals surface area contributed by atoms with Crippen LogP contribution in [0.2, 0.25) is 4.34 Å². The summed E-state index contributed by atoms with van der Waals surface area (Å²) in [6, 6.07) is 1.82. The Labute approximate surface area is 83.4 Å². The van der Waals surface area contributed by atoms with Gasteiger partial charge >= 0.3 is 0 Å². The normalized spacial score (nSPS) is 10.2. The fourth-order valence-corrected chi connectivity index (χ4v) is 1.78. The first kappa shape index (κ1) is 8.40. The van der Waals surface area contributed by atoms with Gasteiger partial charge in [-0.2, -0.15) is 5.10 Å². The highest BCUT2D eigenvalue weighted by atomic mass is 35.5. The van der Waals surface area contributed by atoms with Gasteiger partial charge in [0, 0.05) is 10.9 Å². The van der Waals surface area contributed by atoms with Crippen molar-refractivity contribution in [3.8, 4) is 11.3 Å². The van der Waals surface area contributed by atoms with Crippen LogP contribution >= 0.6 is 22.9 Å². The molecule has 4 nitrogen and oxygen atoms in total. The zero-order chi connectivity index (χ0) is 9.26. The summed E-state index contributed by atoms with van der Waals surface area (Å²) in [6.07, 6.45) is 1.55. The van der Waals surface area contributed by atoms with Crippen LogP contribution in [0.3, 0.4) is 0 Å². The van der Waals surface area contributed by atoms with Crippen molar-refractivity contribution in [1.29, 1.82) is 0 Å². The Morgan fingerprint density at radius 2 is 2.31 bits per heavy atom. The molecule has 2 aromatic rings. The van der Waals surface area contributed by atoms with E-state index in [2.05, 4.69) is 15.2 Å². The van der Waals surface area contributed by atoms with E-state index in [1.165, 1.54) is 11.3 Å². The van der Waals surface area contributed by atoms with E-state index >= 15 is 0 Å². The number of nitrogen functional groups attached to an aromatic ring is 1. The van der Waals surface area contributed by atoms with E-state index in [1.807, 2.05) is 11.4 Å². The van der Waals surface area contributed by atoms with E-state index in [1.54, 1.807) is 6.20 Å². The van der Waals surface area contributed by atoms with Crippen molar-refractivity contribution in [1.82, 2.24) is 15.2 Å². The third-order valence-corrected chi connectivity index (χ3v) is 2.53. The Bertz CT molecular complexity index is 428. The maximum Gasteiger partial charge on any atom is 0.240 e. The second kappa shape index (κ2) is 3.27. The molecule has 2 N–H and O–H groups in total. The molecule has 6 heteroatoms. The van der Waals surface area contributed by atoms with Gasteiger partial charge in [0.15, 0.2) is 0 Å². The predicted octanol–water partition coefficient (Wildman–Crippen LogP) is 1.84. The molecule has 0 unspecified atom stereocenters. The minimum Gasteiger partial charge on any atom is -0.366 e. The lowest BCUT2D eigenvalue weighted by molar-refractivity contribution is 0.990. The van der Waals surface area contributed by atoms with E-state index in [0.717, 1.165) is 5.56 Å². The van der Waals surface area contributed by atoms with Gasteiger partial charge in [-0.3, -0.25) is 0 Å². The molecule has 0 aromatic carbocycles. The number of halogens is 1. The fraction of sp³-hybridized carbons (Fsp3) is 0.